The summed E-state index contributed by atoms with van der Waals surface area (Å²) in [6.45, 7) is 4.08. The van der Waals surface area contributed by atoms with Crippen LogP contribution in [0, 0.1) is 0 Å². The molecule has 3 aromatic rings. The Kier molecular flexibility index (Phi) is 7.46. The second-order valence-corrected chi connectivity index (χ2v) is 8.50. The third kappa shape index (κ3) is 5.78. The van der Waals surface area contributed by atoms with E-state index in [0.29, 0.717) is 28.2 Å². The van der Waals surface area contributed by atoms with E-state index in [1.165, 1.54) is 0 Å². The molecule has 1 heterocycles. The third-order valence-electron chi connectivity index (χ3n) is 5.15. The number of hydrogen-bond donors (Lipinski definition) is 1. The maximum atomic E-state index is 6.55. The van der Waals surface area contributed by atoms with Gasteiger partial charge < -0.3 is 19.7 Å². The summed E-state index contributed by atoms with van der Waals surface area (Å²) in [5, 5.41) is 5.47. The fourth-order valence-corrected chi connectivity index (χ4v) is 4.16. The molecular formula is C24H23Cl3N2O2. The Morgan fingerprint density at radius 3 is 2.45 bits per heavy atom. The first-order chi connectivity index (χ1) is 15.1. The quantitative estimate of drug-likeness (QED) is 0.412. The van der Waals surface area contributed by atoms with Crippen LogP contribution < -0.4 is 15.0 Å². The van der Waals surface area contributed by atoms with Crippen molar-refractivity contribution in [2.45, 2.75) is 13.2 Å². The molecule has 0 radical (unpaired) electrons. The molecule has 3 aromatic carbocycles. The van der Waals surface area contributed by atoms with Crippen molar-refractivity contribution in [2.75, 3.05) is 36.5 Å². The van der Waals surface area contributed by atoms with E-state index in [4.69, 9.17) is 44.3 Å². The zero-order chi connectivity index (χ0) is 21.6. The van der Waals surface area contributed by atoms with Crippen molar-refractivity contribution in [1.29, 1.82) is 0 Å². The largest absolute Gasteiger partial charge is 0.488 e. The van der Waals surface area contributed by atoms with Gasteiger partial charge >= 0.3 is 0 Å². The molecule has 0 aromatic heterocycles. The molecule has 1 saturated heterocycles. The summed E-state index contributed by atoms with van der Waals surface area (Å²) >= 11 is 19.0. The van der Waals surface area contributed by atoms with Crippen LogP contribution in [0.5, 0.6) is 5.75 Å². The summed E-state index contributed by atoms with van der Waals surface area (Å²) in [6.07, 6.45) is 0. The van der Waals surface area contributed by atoms with E-state index in [2.05, 4.69) is 10.2 Å². The van der Waals surface area contributed by atoms with Gasteiger partial charge in [-0.05, 0) is 42.5 Å². The average Bonchev–Trinajstić information content (AvgIpc) is 2.78. The molecule has 0 unspecified atom stereocenters. The molecule has 0 saturated carbocycles. The third-order valence-corrected chi connectivity index (χ3v) is 6.05. The first kappa shape index (κ1) is 22.1. The van der Waals surface area contributed by atoms with E-state index in [-0.39, 0.29) is 0 Å². The topological polar surface area (TPSA) is 33.7 Å². The van der Waals surface area contributed by atoms with E-state index < -0.39 is 0 Å². The molecule has 0 aliphatic carbocycles. The average molecular weight is 478 g/mol. The van der Waals surface area contributed by atoms with Crippen molar-refractivity contribution >= 4 is 46.2 Å². The van der Waals surface area contributed by atoms with Crippen LogP contribution in [0.1, 0.15) is 11.1 Å². The number of nitrogens with one attached hydrogen (secondary N) is 1. The van der Waals surface area contributed by atoms with Gasteiger partial charge in [-0.3, -0.25) is 0 Å². The summed E-state index contributed by atoms with van der Waals surface area (Å²) < 4.78 is 11.5. The Hall–Kier alpha value is -2.11. The van der Waals surface area contributed by atoms with Gasteiger partial charge in [0.05, 0.1) is 23.9 Å². The summed E-state index contributed by atoms with van der Waals surface area (Å²) in [4.78, 5) is 2.24. The molecule has 0 atom stereocenters. The number of morpholine rings is 1. The molecule has 4 rings (SSSR count). The van der Waals surface area contributed by atoms with Gasteiger partial charge in [-0.1, -0.05) is 53.0 Å². The van der Waals surface area contributed by atoms with Crippen LogP contribution in [0.15, 0.2) is 60.7 Å². The first-order valence-electron chi connectivity index (χ1n) is 10.1. The Balaban J connectivity index is 1.43. The summed E-state index contributed by atoms with van der Waals surface area (Å²) in [5.41, 5.74) is 3.84. The van der Waals surface area contributed by atoms with Crippen LogP contribution in [-0.2, 0) is 17.9 Å². The number of nitrogens with zero attached hydrogens (tertiary/aromatic N) is 1. The molecule has 1 aliphatic rings. The number of hydrogen-bond acceptors (Lipinski definition) is 4. The molecular weight excluding hydrogens is 455 g/mol. The van der Waals surface area contributed by atoms with Crippen LogP contribution >= 0.6 is 34.8 Å². The zero-order valence-corrected chi connectivity index (χ0v) is 19.2. The van der Waals surface area contributed by atoms with Crippen molar-refractivity contribution in [3.8, 4) is 5.75 Å². The van der Waals surface area contributed by atoms with Crippen LogP contribution in [0.2, 0.25) is 15.1 Å². The minimum absolute atomic E-state index is 0.383. The zero-order valence-electron chi connectivity index (χ0n) is 16.9. The van der Waals surface area contributed by atoms with Gasteiger partial charge in [0.1, 0.15) is 12.4 Å². The van der Waals surface area contributed by atoms with Gasteiger partial charge in [0.15, 0.2) is 0 Å². The second-order valence-electron chi connectivity index (χ2n) is 7.25. The first-order valence-corrected chi connectivity index (χ1v) is 11.2. The number of ether oxygens (including phenoxy) is 2. The minimum Gasteiger partial charge on any atom is -0.488 e. The Morgan fingerprint density at radius 1 is 0.871 bits per heavy atom. The Bertz CT molecular complexity index is 1040. The lowest BCUT2D eigenvalue weighted by Gasteiger charge is -2.29. The fourth-order valence-electron chi connectivity index (χ4n) is 3.47. The maximum absolute atomic E-state index is 6.55. The maximum Gasteiger partial charge on any atom is 0.124 e. The molecule has 31 heavy (non-hydrogen) atoms. The van der Waals surface area contributed by atoms with Crippen molar-refractivity contribution in [3.63, 3.8) is 0 Å². The van der Waals surface area contributed by atoms with E-state index in [9.17, 15) is 0 Å². The Morgan fingerprint density at radius 2 is 1.68 bits per heavy atom. The van der Waals surface area contributed by atoms with Crippen molar-refractivity contribution in [3.05, 3.63) is 86.9 Å². The van der Waals surface area contributed by atoms with Crippen LogP contribution in [-0.4, -0.2) is 26.3 Å². The number of rotatable bonds is 7. The molecule has 0 amide bonds. The highest BCUT2D eigenvalue weighted by atomic mass is 35.5. The summed E-state index contributed by atoms with van der Waals surface area (Å²) in [6, 6.07) is 19.3. The SMILES string of the molecule is Clc1ccc(OCc2ccccc2Cl)c(CNc2ccc(N3CCOCC3)c(Cl)c2)c1. The lowest BCUT2D eigenvalue weighted by Crippen LogP contribution is -2.36. The van der Waals surface area contributed by atoms with Gasteiger partial charge in [-0.25, -0.2) is 0 Å². The molecule has 1 fully saturated rings. The highest BCUT2D eigenvalue weighted by Crippen LogP contribution is 2.31. The van der Waals surface area contributed by atoms with Crippen LogP contribution in [0.25, 0.3) is 0 Å². The number of benzene rings is 3. The lowest BCUT2D eigenvalue weighted by atomic mass is 10.2. The lowest BCUT2D eigenvalue weighted by molar-refractivity contribution is 0.122. The molecule has 1 N–H and O–H groups in total. The number of halogens is 3. The molecule has 4 nitrogen and oxygen atoms in total. The highest BCUT2D eigenvalue weighted by Gasteiger charge is 2.14. The van der Waals surface area contributed by atoms with E-state index in [1.807, 2.05) is 60.7 Å². The number of anilines is 2. The van der Waals surface area contributed by atoms with Crippen LogP contribution in [0.3, 0.4) is 0 Å². The van der Waals surface area contributed by atoms with E-state index >= 15 is 0 Å². The van der Waals surface area contributed by atoms with Gasteiger partial charge in [-0.2, -0.15) is 0 Å². The van der Waals surface area contributed by atoms with Crippen molar-refractivity contribution in [2.24, 2.45) is 0 Å². The van der Waals surface area contributed by atoms with Gasteiger partial charge in [0.2, 0.25) is 0 Å². The summed E-state index contributed by atoms with van der Waals surface area (Å²) in [5.74, 6) is 0.757. The van der Waals surface area contributed by atoms with E-state index in [1.54, 1.807) is 0 Å². The van der Waals surface area contributed by atoms with Gasteiger partial charge in [0.25, 0.3) is 0 Å². The predicted octanol–water partition coefficient (Wildman–Crippen LogP) is 6.67. The fraction of sp³-hybridized carbons (Fsp3) is 0.250. The van der Waals surface area contributed by atoms with Crippen molar-refractivity contribution < 1.29 is 9.47 Å². The van der Waals surface area contributed by atoms with Crippen molar-refractivity contribution in [1.82, 2.24) is 0 Å². The highest BCUT2D eigenvalue weighted by molar-refractivity contribution is 6.33. The monoisotopic (exact) mass is 476 g/mol. The molecule has 0 spiro atoms. The smallest absolute Gasteiger partial charge is 0.124 e. The Labute approximate surface area is 197 Å². The summed E-state index contributed by atoms with van der Waals surface area (Å²) in [7, 11) is 0. The minimum atomic E-state index is 0.383. The van der Waals surface area contributed by atoms with Gasteiger partial charge in [-0.15, -0.1) is 0 Å². The molecule has 0 bridgehead atoms. The van der Waals surface area contributed by atoms with Crippen LogP contribution in [0.4, 0.5) is 11.4 Å². The normalized spacial score (nSPS) is 13.8. The van der Waals surface area contributed by atoms with E-state index in [0.717, 1.165) is 54.6 Å². The second kappa shape index (κ2) is 10.5. The standard InChI is InChI=1S/C24H23Cl3N2O2/c25-19-5-8-24(31-16-17-3-1-2-4-21(17)26)18(13-19)15-28-20-6-7-23(22(27)14-20)29-9-11-30-12-10-29/h1-8,13-14,28H,9-12,15-16H2. The van der Waals surface area contributed by atoms with Gasteiger partial charge in [0, 0.05) is 46.5 Å². The predicted molar refractivity (Wildman–Crippen MR) is 129 cm³/mol. The molecule has 7 heteroatoms. The molecule has 162 valence electrons. The molecule has 1 aliphatic heterocycles.